The van der Waals surface area contributed by atoms with Gasteiger partial charge in [0.2, 0.25) is 0 Å². The molecule has 19 heavy (non-hydrogen) atoms. The largest absolute Gasteiger partial charge is 0.441 e. The smallest absolute Gasteiger partial charge is 0.192 e. The Kier molecular flexibility index (Phi) is 2.81. The molecule has 2 aromatic heterocycles. The Labute approximate surface area is 109 Å². The highest BCUT2D eigenvalue weighted by Gasteiger charge is 2.11. The third-order valence-electron chi connectivity index (χ3n) is 2.94. The number of aliphatic hydroxyl groups is 1. The molecule has 2 heterocycles. The van der Waals surface area contributed by atoms with Crippen molar-refractivity contribution < 1.29 is 9.52 Å². The fraction of sp³-hybridized carbons (Fsp3) is 0.231. The van der Waals surface area contributed by atoms with Gasteiger partial charge in [0.15, 0.2) is 11.5 Å². The molecule has 6 heteroatoms. The Balaban J connectivity index is 2.01. The van der Waals surface area contributed by atoms with Crippen LogP contribution in [0.1, 0.15) is 17.8 Å². The highest BCUT2D eigenvalue weighted by Crippen LogP contribution is 2.24. The van der Waals surface area contributed by atoms with Crippen LogP contribution in [0.25, 0.3) is 22.4 Å². The van der Waals surface area contributed by atoms with Gasteiger partial charge in [-0.1, -0.05) is 6.07 Å². The summed E-state index contributed by atoms with van der Waals surface area (Å²) in [5.74, 6) is 1.10. The minimum Gasteiger partial charge on any atom is -0.441 e. The van der Waals surface area contributed by atoms with Crippen LogP contribution >= 0.6 is 0 Å². The molecule has 98 valence electrons. The van der Waals surface area contributed by atoms with Gasteiger partial charge in [0, 0.05) is 19.0 Å². The summed E-state index contributed by atoms with van der Waals surface area (Å²) < 4.78 is 5.49. The van der Waals surface area contributed by atoms with E-state index in [0.717, 1.165) is 22.4 Å². The Morgan fingerprint density at radius 2 is 2.32 bits per heavy atom. The highest BCUT2D eigenvalue weighted by molar-refractivity contribution is 5.79. The van der Waals surface area contributed by atoms with E-state index in [1.54, 1.807) is 6.20 Å². The molecule has 0 saturated heterocycles. The molecule has 0 bridgehead atoms. The van der Waals surface area contributed by atoms with Crippen LogP contribution in [-0.4, -0.2) is 26.6 Å². The maximum atomic E-state index is 9.62. The molecule has 1 atom stereocenters. The van der Waals surface area contributed by atoms with E-state index in [4.69, 9.17) is 10.2 Å². The average molecular weight is 258 g/mol. The van der Waals surface area contributed by atoms with E-state index in [-0.39, 0.29) is 6.54 Å². The first kappa shape index (κ1) is 11.9. The average Bonchev–Trinajstić information content (AvgIpc) is 3.01. The minimum atomic E-state index is -0.773. The third-order valence-corrected chi connectivity index (χ3v) is 2.94. The van der Waals surface area contributed by atoms with Crippen molar-refractivity contribution in [3.05, 3.63) is 36.1 Å². The van der Waals surface area contributed by atoms with E-state index in [0.29, 0.717) is 11.7 Å². The molecule has 0 saturated carbocycles. The first-order valence-corrected chi connectivity index (χ1v) is 5.98. The van der Waals surface area contributed by atoms with Crippen LogP contribution in [0.5, 0.6) is 0 Å². The molecule has 0 radical (unpaired) electrons. The molecule has 6 nitrogen and oxygen atoms in total. The van der Waals surface area contributed by atoms with Crippen molar-refractivity contribution in [3.8, 4) is 11.3 Å². The van der Waals surface area contributed by atoms with E-state index >= 15 is 0 Å². The number of imidazole rings is 1. The SMILES string of the molecule is Cc1nc2ccc(-c3cnc(C(O)CN)[nH]3)cc2o1. The summed E-state index contributed by atoms with van der Waals surface area (Å²) in [5, 5.41) is 9.62. The van der Waals surface area contributed by atoms with Gasteiger partial charge < -0.3 is 20.2 Å². The fourth-order valence-corrected chi connectivity index (χ4v) is 1.97. The van der Waals surface area contributed by atoms with Crippen molar-refractivity contribution >= 4 is 11.1 Å². The van der Waals surface area contributed by atoms with Gasteiger partial charge in [-0.15, -0.1) is 0 Å². The Hall–Kier alpha value is -2.18. The van der Waals surface area contributed by atoms with Crippen molar-refractivity contribution in [3.63, 3.8) is 0 Å². The number of benzene rings is 1. The molecule has 1 unspecified atom stereocenters. The lowest BCUT2D eigenvalue weighted by Gasteiger charge is -2.02. The number of aromatic amines is 1. The van der Waals surface area contributed by atoms with Gasteiger partial charge in [0.25, 0.3) is 0 Å². The first-order chi connectivity index (χ1) is 9.17. The van der Waals surface area contributed by atoms with Crippen LogP contribution in [-0.2, 0) is 0 Å². The van der Waals surface area contributed by atoms with E-state index in [1.165, 1.54) is 0 Å². The van der Waals surface area contributed by atoms with Gasteiger partial charge in [0.1, 0.15) is 17.4 Å². The topological polar surface area (TPSA) is 101 Å². The van der Waals surface area contributed by atoms with Crippen LogP contribution in [0.3, 0.4) is 0 Å². The van der Waals surface area contributed by atoms with Crippen molar-refractivity contribution in [2.45, 2.75) is 13.0 Å². The lowest BCUT2D eigenvalue weighted by molar-refractivity contribution is 0.177. The van der Waals surface area contributed by atoms with Gasteiger partial charge in [0.05, 0.1) is 11.9 Å². The zero-order valence-electron chi connectivity index (χ0n) is 10.4. The highest BCUT2D eigenvalue weighted by atomic mass is 16.3. The predicted octanol–water partition coefficient (Wildman–Crippen LogP) is 1.52. The monoisotopic (exact) mass is 258 g/mol. The third kappa shape index (κ3) is 2.11. The van der Waals surface area contributed by atoms with Crippen molar-refractivity contribution in [2.75, 3.05) is 6.54 Å². The molecule has 0 spiro atoms. The van der Waals surface area contributed by atoms with Crippen molar-refractivity contribution in [1.82, 2.24) is 15.0 Å². The maximum Gasteiger partial charge on any atom is 0.192 e. The summed E-state index contributed by atoms with van der Waals surface area (Å²) in [6.45, 7) is 1.94. The number of hydrogen-bond donors (Lipinski definition) is 3. The van der Waals surface area contributed by atoms with Gasteiger partial charge in [-0.2, -0.15) is 0 Å². The number of aryl methyl sites for hydroxylation is 1. The number of oxazole rings is 1. The lowest BCUT2D eigenvalue weighted by Crippen LogP contribution is -2.12. The number of aromatic nitrogens is 3. The van der Waals surface area contributed by atoms with Gasteiger partial charge in [-0.3, -0.25) is 0 Å². The van der Waals surface area contributed by atoms with Crippen molar-refractivity contribution in [2.24, 2.45) is 5.73 Å². The number of H-pyrrole nitrogens is 1. The summed E-state index contributed by atoms with van der Waals surface area (Å²) in [7, 11) is 0. The molecule has 0 aliphatic rings. The molecule has 0 amide bonds. The van der Waals surface area contributed by atoms with E-state index in [1.807, 2.05) is 25.1 Å². The van der Waals surface area contributed by atoms with Crippen molar-refractivity contribution in [1.29, 1.82) is 0 Å². The quantitative estimate of drug-likeness (QED) is 0.661. The lowest BCUT2D eigenvalue weighted by atomic mass is 10.1. The molecule has 4 N–H and O–H groups in total. The first-order valence-electron chi connectivity index (χ1n) is 5.98. The normalized spacial score (nSPS) is 13.0. The molecular formula is C13H14N4O2. The van der Waals surface area contributed by atoms with Crippen LogP contribution in [0.2, 0.25) is 0 Å². The number of nitrogens with one attached hydrogen (secondary N) is 1. The molecule has 1 aromatic carbocycles. The summed E-state index contributed by atoms with van der Waals surface area (Å²) in [6, 6.07) is 5.71. The predicted molar refractivity (Wildman–Crippen MR) is 70.3 cm³/mol. The second-order valence-corrected chi connectivity index (χ2v) is 4.35. The number of hydrogen-bond acceptors (Lipinski definition) is 5. The fourth-order valence-electron chi connectivity index (χ4n) is 1.97. The number of nitrogens with two attached hydrogens (primary N) is 1. The standard InChI is InChI=1S/C13H14N4O2/c1-7-16-9-3-2-8(4-12(9)19-7)10-6-15-13(17-10)11(18)5-14/h2-4,6,11,18H,5,14H2,1H3,(H,15,17). The Bertz CT molecular complexity index is 716. The van der Waals surface area contributed by atoms with E-state index in [9.17, 15) is 5.11 Å². The molecule has 0 aliphatic heterocycles. The second-order valence-electron chi connectivity index (χ2n) is 4.35. The molecule has 0 aliphatic carbocycles. The van der Waals surface area contributed by atoms with E-state index in [2.05, 4.69) is 15.0 Å². The van der Waals surface area contributed by atoms with Crippen LogP contribution < -0.4 is 5.73 Å². The number of aliphatic hydroxyl groups excluding tert-OH is 1. The molecular weight excluding hydrogens is 244 g/mol. The maximum absolute atomic E-state index is 9.62. The van der Waals surface area contributed by atoms with E-state index < -0.39 is 6.10 Å². The van der Waals surface area contributed by atoms with Crippen LogP contribution in [0, 0.1) is 6.92 Å². The molecule has 3 rings (SSSR count). The second kappa shape index (κ2) is 4.49. The molecule has 0 fully saturated rings. The van der Waals surface area contributed by atoms with Crippen LogP contribution in [0.4, 0.5) is 0 Å². The number of nitrogens with zero attached hydrogens (tertiary/aromatic N) is 2. The Morgan fingerprint density at radius 3 is 3.11 bits per heavy atom. The number of rotatable bonds is 3. The summed E-state index contributed by atoms with van der Waals surface area (Å²) in [5.41, 5.74) is 8.67. The summed E-state index contributed by atoms with van der Waals surface area (Å²) in [6.07, 6.45) is 0.892. The summed E-state index contributed by atoms with van der Waals surface area (Å²) >= 11 is 0. The zero-order valence-corrected chi connectivity index (χ0v) is 10.4. The van der Waals surface area contributed by atoms with Gasteiger partial charge >= 0.3 is 0 Å². The van der Waals surface area contributed by atoms with Crippen LogP contribution in [0.15, 0.2) is 28.8 Å². The zero-order chi connectivity index (χ0) is 13.4. The number of fused-ring (bicyclic) bond motifs is 1. The Morgan fingerprint density at radius 1 is 1.47 bits per heavy atom. The van der Waals surface area contributed by atoms with Gasteiger partial charge in [-0.05, 0) is 12.1 Å². The van der Waals surface area contributed by atoms with Gasteiger partial charge in [-0.25, -0.2) is 9.97 Å². The molecule has 3 aromatic rings. The minimum absolute atomic E-state index is 0.132. The summed E-state index contributed by atoms with van der Waals surface area (Å²) in [4.78, 5) is 11.4.